The van der Waals surface area contributed by atoms with Crippen LogP contribution < -0.4 is 5.32 Å². The summed E-state index contributed by atoms with van der Waals surface area (Å²) in [5.41, 5.74) is 6.45. The van der Waals surface area contributed by atoms with Crippen LogP contribution in [0.1, 0.15) is 32.9 Å². The lowest BCUT2D eigenvalue weighted by molar-refractivity contribution is 0.0953. The van der Waals surface area contributed by atoms with Gasteiger partial charge in [0, 0.05) is 41.6 Å². The minimum Gasteiger partial charge on any atom is -0.361 e. The number of nitrogens with one attached hydrogen (secondary N) is 2. The van der Waals surface area contributed by atoms with E-state index in [9.17, 15) is 4.79 Å². The van der Waals surface area contributed by atoms with E-state index < -0.39 is 0 Å². The van der Waals surface area contributed by atoms with Gasteiger partial charge in [0.25, 0.3) is 5.91 Å². The number of rotatable bonds is 6. The number of H-pyrrole nitrogens is 1. The van der Waals surface area contributed by atoms with E-state index in [0.717, 1.165) is 35.4 Å². The Kier molecular flexibility index (Phi) is 5.02. The first-order chi connectivity index (χ1) is 13.6. The fraction of sp³-hybridized carbons (Fsp3) is 0.208. The Labute approximate surface area is 165 Å². The summed E-state index contributed by atoms with van der Waals surface area (Å²) in [5.74, 6) is -0.00717. The minimum absolute atomic E-state index is 0.00717. The third kappa shape index (κ3) is 3.58. The van der Waals surface area contributed by atoms with Gasteiger partial charge in [-0.1, -0.05) is 48.5 Å². The summed E-state index contributed by atoms with van der Waals surface area (Å²) in [5, 5.41) is 4.30. The number of carbonyl (C=O) groups excluding carboxylic acids is 1. The molecule has 4 rings (SSSR count). The zero-order valence-electron chi connectivity index (χ0n) is 16.3. The molecule has 28 heavy (non-hydrogen) atoms. The molecule has 4 aromatic rings. The van der Waals surface area contributed by atoms with E-state index in [2.05, 4.69) is 46.1 Å². The van der Waals surface area contributed by atoms with Crippen molar-refractivity contribution in [2.45, 2.75) is 26.8 Å². The number of nitrogens with zero attached hydrogens (tertiary/aromatic N) is 1. The summed E-state index contributed by atoms with van der Waals surface area (Å²) in [6.45, 7) is 5.47. The highest BCUT2D eigenvalue weighted by Gasteiger charge is 2.15. The van der Waals surface area contributed by atoms with Crippen LogP contribution in [0.25, 0.3) is 10.9 Å². The Bertz CT molecular complexity index is 1110. The molecule has 4 nitrogen and oxygen atoms in total. The maximum Gasteiger partial charge on any atom is 0.253 e. The molecule has 0 atom stereocenters. The number of amides is 1. The van der Waals surface area contributed by atoms with Gasteiger partial charge in [0.05, 0.1) is 5.56 Å². The van der Waals surface area contributed by atoms with Crippen LogP contribution >= 0.6 is 0 Å². The predicted molar refractivity (Wildman–Crippen MR) is 114 cm³/mol. The van der Waals surface area contributed by atoms with Gasteiger partial charge in [0.15, 0.2) is 0 Å². The van der Waals surface area contributed by atoms with Gasteiger partial charge < -0.3 is 14.9 Å². The van der Waals surface area contributed by atoms with Crippen LogP contribution in [0.3, 0.4) is 0 Å². The molecule has 0 aliphatic heterocycles. The number of carbonyl (C=O) groups is 1. The van der Waals surface area contributed by atoms with Gasteiger partial charge in [0.1, 0.15) is 0 Å². The molecule has 2 N–H and O–H groups in total. The fourth-order valence-corrected chi connectivity index (χ4v) is 3.78. The van der Waals surface area contributed by atoms with Crippen molar-refractivity contribution in [3.8, 4) is 0 Å². The molecule has 2 aromatic heterocycles. The quantitative estimate of drug-likeness (QED) is 0.511. The third-order valence-electron chi connectivity index (χ3n) is 5.36. The van der Waals surface area contributed by atoms with Crippen LogP contribution in [0, 0.1) is 13.8 Å². The Morgan fingerprint density at radius 1 is 1.04 bits per heavy atom. The van der Waals surface area contributed by atoms with Crippen molar-refractivity contribution in [1.82, 2.24) is 14.9 Å². The average molecular weight is 371 g/mol. The summed E-state index contributed by atoms with van der Waals surface area (Å²) >= 11 is 0. The number of aryl methyl sites for hydroxylation is 1. The molecule has 0 aliphatic rings. The first kappa shape index (κ1) is 18.1. The van der Waals surface area contributed by atoms with Crippen LogP contribution in [0.4, 0.5) is 0 Å². The molecule has 2 heterocycles. The second kappa shape index (κ2) is 7.77. The Balaban J connectivity index is 1.43. The molecule has 142 valence electrons. The first-order valence-corrected chi connectivity index (χ1v) is 9.67. The number of aromatic nitrogens is 2. The molecule has 0 fully saturated rings. The topological polar surface area (TPSA) is 49.8 Å². The molecule has 1 amide bonds. The monoisotopic (exact) mass is 371 g/mol. The maximum atomic E-state index is 12.7. The number of aromatic amines is 1. The molecule has 4 heteroatoms. The van der Waals surface area contributed by atoms with Gasteiger partial charge in [-0.3, -0.25) is 4.79 Å². The predicted octanol–water partition coefficient (Wildman–Crippen LogP) is 4.61. The number of para-hydroxylation sites is 1. The van der Waals surface area contributed by atoms with Crippen LogP contribution in [0.15, 0.2) is 66.9 Å². The molecule has 0 radical (unpaired) electrons. The van der Waals surface area contributed by atoms with Crippen LogP contribution in [0.5, 0.6) is 0 Å². The summed E-state index contributed by atoms with van der Waals surface area (Å²) in [6, 6.07) is 20.6. The number of fused-ring (bicyclic) bond motifs is 1. The van der Waals surface area contributed by atoms with E-state index in [-0.39, 0.29) is 5.91 Å². The van der Waals surface area contributed by atoms with Crippen molar-refractivity contribution in [2.75, 3.05) is 6.54 Å². The SMILES string of the molecule is Cc1cc(C(=O)NCCc2c[nH]c3ccccc23)c(C)n1Cc1ccccc1. The normalized spacial score (nSPS) is 11.1. The third-order valence-corrected chi connectivity index (χ3v) is 5.36. The Morgan fingerprint density at radius 3 is 2.61 bits per heavy atom. The van der Waals surface area contributed by atoms with E-state index in [4.69, 9.17) is 0 Å². The molecular weight excluding hydrogens is 346 g/mol. The summed E-state index contributed by atoms with van der Waals surface area (Å²) in [7, 11) is 0. The highest BCUT2D eigenvalue weighted by Crippen LogP contribution is 2.19. The smallest absolute Gasteiger partial charge is 0.253 e. The number of hydrogen-bond acceptors (Lipinski definition) is 1. The lowest BCUT2D eigenvalue weighted by atomic mass is 10.1. The van der Waals surface area contributed by atoms with E-state index in [0.29, 0.717) is 6.54 Å². The van der Waals surface area contributed by atoms with Crippen LogP contribution in [-0.4, -0.2) is 22.0 Å². The zero-order valence-corrected chi connectivity index (χ0v) is 16.3. The van der Waals surface area contributed by atoms with E-state index in [1.807, 2.05) is 49.5 Å². The van der Waals surface area contributed by atoms with Crippen LogP contribution in [-0.2, 0) is 13.0 Å². The van der Waals surface area contributed by atoms with Gasteiger partial charge in [-0.2, -0.15) is 0 Å². The lowest BCUT2D eigenvalue weighted by Crippen LogP contribution is -2.26. The molecule has 0 unspecified atom stereocenters. The summed E-state index contributed by atoms with van der Waals surface area (Å²) in [6.07, 6.45) is 2.83. The lowest BCUT2D eigenvalue weighted by Gasteiger charge is -2.10. The fourth-order valence-electron chi connectivity index (χ4n) is 3.78. The van der Waals surface area contributed by atoms with Gasteiger partial charge in [-0.15, -0.1) is 0 Å². The largest absolute Gasteiger partial charge is 0.361 e. The molecule has 0 bridgehead atoms. The number of hydrogen-bond donors (Lipinski definition) is 2. The van der Waals surface area contributed by atoms with Crippen molar-refractivity contribution >= 4 is 16.8 Å². The molecule has 0 spiro atoms. The summed E-state index contributed by atoms with van der Waals surface area (Å²) in [4.78, 5) is 16.0. The second-order valence-corrected chi connectivity index (χ2v) is 7.22. The molecule has 0 aliphatic carbocycles. The van der Waals surface area contributed by atoms with E-state index in [1.54, 1.807) is 0 Å². The van der Waals surface area contributed by atoms with Crippen LogP contribution in [0.2, 0.25) is 0 Å². The summed E-state index contributed by atoms with van der Waals surface area (Å²) < 4.78 is 2.20. The van der Waals surface area contributed by atoms with Crippen molar-refractivity contribution in [1.29, 1.82) is 0 Å². The Hall–Kier alpha value is -3.27. The first-order valence-electron chi connectivity index (χ1n) is 9.67. The van der Waals surface area contributed by atoms with Gasteiger partial charge in [-0.25, -0.2) is 0 Å². The average Bonchev–Trinajstić information content (AvgIpc) is 3.25. The highest BCUT2D eigenvalue weighted by molar-refractivity contribution is 5.95. The van der Waals surface area contributed by atoms with E-state index in [1.165, 1.54) is 16.5 Å². The van der Waals surface area contributed by atoms with Crippen molar-refractivity contribution in [3.05, 3.63) is 94.9 Å². The molecule has 0 saturated heterocycles. The standard InChI is InChI=1S/C24H25N3O/c1-17-14-22(18(2)27(17)16-19-8-4-3-5-9-19)24(28)25-13-12-20-15-26-23-11-7-6-10-21(20)23/h3-11,14-15,26H,12-13,16H2,1-2H3,(H,25,28). The van der Waals surface area contributed by atoms with Crippen molar-refractivity contribution in [3.63, 3.8) is 0 Å². The maximum absolute atomic E-state index is 12.7. The second-order valence-electron chi connectivity index (χ2n) is 7.22. The number of benzene rings is 2. The molecule has 2 aromatic carbocycles. The van der Waals surface area contributed by atoms with Crippen molar-refractivity contribution < 1.29 is 4.79 Å². The Morgan fingerprint density at radius 2 is 1.79 bits per heavy atom. The van der Waals surface area contributed by atoms with Crippen molar-refractivity contribution in [2.24, 2.45) is 0 Å². The molecule has 0 saturated carbocycles. The highest BCUT2D eigenvalue weighted by atomic mass is 16.1. The van der Waals surface area contributed by atoms with Gasteiger partial charge in [-0.05, 0) is 43.5 Å². The minimum atomic E-state index is -0.00717. The zero-order chi connectivity index (χ0) is 19.5. The van der Waals surface area contributed by atoms with E-state index >= 15 is 0 Å². The van der Waals surface area contributed by atoms with Gasteiger partial charge in [0.2, 0.25) is 0 Å². The van der Waals surface area contributed by atoms with Gasteiger partial charge >= 0.3 is 0 Å². The molecular formula is C24H25N3O.